The van der Waals surface area contributed by atoms with Crippen LogP contribution in [0.5, 0.6) is 0 Å². The van der Waals surface area contributed by atoms with Gasteiger partial charge in [-0.15, -0.1) is 0 Å². The zero-order valence-corrected chi connectivity index (χ0v) is 13.8. The Kier molecular flexibility index (Phi) is 3.65. The molecule has 1 amide bonds. The van der Waals surface area contributed by atoms with E-state index in [-0.39, 0.29) is 11.3 Å². The lowest BCUT2D eigenvalue weighted by Crippen LogP contribution is -2.31. The number of aryl methyl sites for hydroxylation is 1. The Morgan fingerprint density at radius 3 is 2.82 bits per heavy atom. The summed E-state index contributed by atoms with van der Waals surface area (Å²) in [4.78, 5) is 19.2. The van der Waals surface area contributed by atoms with Gasteiger partial charge < -0.3 is 10.0 Å². The molecule has 0 spiro atoms. The zero-order valence-electron chi connectivity index (χ0n) is 13.0. The van der Waals surface area contributed by atoms with Gasteiger partial charge in [-0.1, -0.05) is 32.4 Å². The number of halogens is 1. The van der Waals surface area contributed by atoms with Crippen molar-refractivity contribution in [1.29, 1.82) is 0 Å². The average Bonchev–Trinajstić information content (AvgIpc) is 2.95. The molecule has 22 heavy (non-hydrogen) atoms. The highest BCUT2D eigenvalue weighted by molar-refractivity contribution is 6.30. The largest absolute Gasteiger partial charge is 0.391 e. The number of aromatic nitrogens is 2. The van der Waals surface area contributed by atoms with Gasteiger partial charge in [0.2, 0.25) is 0 Å². The third-order valence-corrected chi connectivity index (χ3v) is 4.60. The number of rotatable bonds is 2. The molecule has 0 saturated carbocycles. The second-order valence-electron chi connectivity index (χ2n) is 6.53. The predicted octanol–water partition coefficient (Wildman–Crippen LogP) is 2.39. The fourth-order valence-electron chi connectivity index (χ4n) is 2.96. The van der Waals surface area contributed by atoms with E-state index in [9.17, 15) is 9.90 Å². The van der Waals surface area contributed by atoms with Crippen molar-refractivity contribution in [3.63, 3.8) is 0 Å². The highest BCUT2D eigenvalue weighted by Gasteiger charge is 2.41. The monoisotopic (exact) mass is 321 g/mol. The van der Waals surface area contributed by atoms with Crippen LogP contribution in [-0.4, -0.2) is 44.5 Å². The molecular weight excluding hydrogens is 302 g/mol. The molecule has 118 valence electrons. The molecular formula is C16H20ClN3O2. The maximum Gasteiger partial charge on any atom is 0.272 e. The van der Waals surface area contributed by atoms with Gasteiger partial charge in [-0.05, 0) is 18.6 Å². The minimum atomic E-state index is -0.510. The molecule has 0 bridgehead atoms. The van der Waals surface area contributed by atoms with Gasteiger partial charge in [-0.25, -0.2) is 4.98 Å². The number of likely N-dealkylation sites (tertiary alicyclic amines) is 1. The summed E-state index contributed by atoms with van der Waals surface area (Å²) < 4.78 is 1.75. The Morgan fingerprint density at radius 1 is 1.50 bits per heavy atom. The fourth-order valence-corrected chi connectivity index (χ4v) is 3.12. The highest BCUT2D eigenvalue weighted by Crippen LogP contribution is 2.31. The minimum Gasteiger partial charge on any atom is -0.391 e. The summed E-state index contributed by atoms with van der Waals surface area (Å²) in [6.07, 6.45) is 1.87. The summed E-state index contributed by atoms with van der Waals surface area (Å²) in [5.74, 6) is -0.101. The summed E-state index contributed by atoms with van der Waals surface area (Å²) in [6.45, 7) is 6.80. The van der Waals surface area contributed by atoms with Crippen molar-refractivity contribution >= 4 is 23.2 Å². The summed E-state index contributed by atoms with van der Waals surface area (Å²) in [7, 11) is 0. The lowest BCUT2D eigenvalue weighted by Gasteiger charge is -2.21. The SMILES string of the molecule is CCc1nc2ccc(Cl)cn2c1C(=O)N1CC(O)C(C)(C)C1. The molecule has 1 unspecified atom stereocenters. The average molecular weight is 322 g/mol. The van der Waals surface area contributed by atoms with E-state index in [0.717, 1.165) is 5.69 Å². The number of nitrogens with zero attached hydrogens (tertiary/aromatic N) is 3. The smallest absolute Gasteiger partial charge is 0.272 e. The summed E-state index contributed by atoms with van der Waals surface area (Å²) in [5.41, 5.74) is 1.72. The molecule has 2 aromatic rings. The number of amides is 1. The van der Waals surface area contributed by atoms with Crippen molar-refractivity contribution in [3.05, 3.63) is 34.7 Å². The predicted molar refractivity (Wildman–Crippen MR) is 85.3 cm³/mol. The third kappa shape index (κ3) is 2.38. The normalized spacial score (nSPS) is 20.8. The molecule has 0 radical (unpaired) electrons. The molecule has 1 aliphatic heterocycles. The standard InChI is InChI=1S/C16H20ClN3O2/c1-4-11-14(20-7-10(17)5-6-13(20)18-11)15(22)19-8-12(21)16(2,3)9-19/h5-7,12,21H,4,8-9H2,1-3H3. The number of hydrogen-bond acceptors (Lipinski definition) is 3. The Labute approximate surface area is 134 Å². The second-order valence-corrected chi connectivity index (χ2v) is 6.96. The lowest BCUT2D eigenvalue weighted by molar-refractivity contribution is 0.0755. The topological polar surface area (TPSA) is 57.8 Å². The van der Waals surface area contributed by atoms with Gasteiger partial charge in [-0.2, -0.15) is 0 Å². The molecule has 3 heterocycles. The number of aliphatic hydroxyl groups is 1. The number of hydrogen-bond donors (Lipinski definition) is 1. The van der Waals surface area contributed by atoms with Crippen LogP contribution in [0.25, 0.3) is 5.65 Å². The Morgan fingerprint density at radius 2 is 2.23 bits per heavy atom. The van der Waals surface area contributed by atoms with Gasteiger partial charge >= 0.3 is 0 Å². The Bertz CT molecular complexity index is 738. The number of pyridine rings is 1. The molecule has 1 aliphatic rings. The quantitative estimate of drug-likeness (QED) is 0.924. The van der Waals surface area contributed by atoms with Crippen molar-refractivity contribution in [2.45, 2.75) is 33.3 Å². The Hall–Kier alpha value is -1.59. The van der Waals surface area contributed by atoms with Crippen LogP contribution < -0.4 is 0 Å². The molecule has 3 rings (SSSR count). The molecule has 1 N–H and O–H groups in total. The van der Waals surface area contributed by atoms with Crippen molar-refractivity contribution < 1.29 is 9.90 Å². The van der Waals surface area contributed by atoms with Gasteiger partial charge in [-0.3, -0.25) is 9.20 Å². The summed E-state index contributed by atoms with van der Waals surface area (Å²) >= 11 is 6.06. The number of fused-ring (bicyclic) bond motifs is 1. The van der Waals surface area contributed by atoms with Crippen LogP contribution in [0, 0.1) is 5.41 Å². The van der Waals surface area contributed by atoms with Crippen molar-refractivity contribution in [3.8, 4) is 0 Å². The van der Waals surface area contributed by atoms with Crippen molar-refractivity contribution in [1.82, 2.24) is 14.3 Å². The molecule has 0 aliphatic carbocycles. The molecule has 6 heteroatoms. The first kappa shape index (κ1) is 15.3. The summed E-state index contributed by atoms with van der Waals surface area (Å²) in [6, 6.07) is 3.57. The number of carbonyl (C=O) groups excluding carboxylic acids is 1. The lowest BCUT2D eigenvalue weighted by atomic mass is 9.90. The number of imidazole rings is 1. The van der Waals surface area contributed by atoms with Gasteiger partial charge in [0.05, 0.1) is 16.8 Å². The molecule has 1 atom stereocenters. The first-order valence-electron chi connectivity index (χ1n) is 7.47. The highest BCUT2D eigenvalue weighted by atomic mass is 35.5. The van der Waals surface area contributed by atoms with Crippen LogP contribution in [0.15, 0.2) is 18.3 Å². The van der Waals surface area contributed by atoms with Gasteiger partial charge in [0, 0.05) is 24.7 Å². The molecule has 2 aromatic heterocycles. The van der Waals surface area contributed by atoms with Gasteiger partial charge in [0.25, 0.3) is 5.91 Å². The molecule has 5 nitrogen and oxygen atoms in total. The van der Waals surface area contributed by atoms with E-state index in [1.807, 2.05) is 20.8 Å². The van der Waals surface area contributed by atoms with Crippen LogP contribution in [-0.2, 0) is 6.42 Å². The van der Waals surface area contributed by atoms with E-state index in [1.165, 1.54) is 0 Å². The second kappa shape index (κ2) is 5.25. The van der Waals surface area contributed by atoms with Crippen LogP contribution in [0.3, 0.4) is 0 Å². The zero-order chi connectivity index (χ0) is 16.1. The van der Waals surface area contributed by atoms with Crippen molar-refractivity contribution in [2.75, 3.05) is 13.1 Å². The van der Waals surface area contributed by atoms with E-state index < -0.39 is 6.10 Å². The third-order valence-electron chi connectivity index (χ3n) is 4.37. The van der Waals surface area contributed by atoms with E-state index >= 15 is 0 Å². The first-order valence-corrected chi connectivity index (χ1v) is 7.85. The van der Waals surface area contributed by atoms with Gasteiger partial charge in [0.1, 0.15) is 11.3 Å². The summed E-state index contributed by atoms with van der Waals surface area (Å²) in [5, 5.41) is 10.7. The number of carbonyl (C=O) groups is 1. The first-order chi connectivity index (χ1) is 10.3. The van der Waals surface area contributed by atoms with Crippen LogP contribution in [0.2, 0.25) is 5.02 Å². The van der Waals surface area contributed by atoms with E-state index in [2.05, 4.69) is 4.98 Å². The van der Waals surface area contributed by atoms with Crippen molar-refractivity contribution in [2.24, 2.45) is 5.41 Å². The van der Waals surface area contributed by atoms with Gasteiger partial charge in [0.15, 0.2) is 0 Å². The van der Waals surface area contributed by atoms with Crippen LogP contribution in [0.4, 0.5) is 0 Å². The maximum atomic E-state index is 13.0. The fraction of sp³-hybridized carbons (Fsp3) is 0.500. The maximum absolute atomic E-state index is 13.0. The number of β-amino-alcohol motifs (C(OH)–C–C–N with tert-alkyl or cyclic N) is 1. The molecule has 0 aromatic carbocycles. The van der Waals surface area contributed by atoms with Crippen LogP contribution >= 0.6 is 11.6 Å². The van der Waals surface area contributed by atoms with E-state index in [4.69, 9.17) is 11.6 Å². The molecule has 1 saturated heterocycles. The van der Waals surface area contributed by atoms with Crippen LogP contribution in [0.1, 0.15) is 37.0 Å². The Balaban J connectivity index is 2.06. The number of aliphatic hydroxyl groups excluding tert-OH is 1. The van der Waals surface area contributed by atoms with E-state index in [0.29, 0.717) is 35.9 Å². The molecule has 1 fully saturated rings. The van der Waals surface area contributed by atoms with E-state index in [1.54, 1.807) is 27.6 Å². The minimum absolute atomic E-state index is 0.101.